The molecule has 0 aliphatic carbocycles. The van der Waals surface area contributed by atoms with Gasteiger partial charge in [0.15, 0.2) is 0 Å². The number of rotatable bonds is 7. The minimum atomic E-state index is -0.372. The quantitative estimate of drug-likeness (QED) is 0.503. The standard InChI is InChI=1S/C13H21N3O3/c1-9(13(17)15-4-5-18-2)16-11-6-10(14)7-12(8-11)19-3/h6-9,16H,4-5,14H2,1-3H3,(H,15,17). The van der Waals surface area contributed by atoms with E-state index in [1.54, 1.807) is 39.3 Å². The monoisotopic (exact) mass is 267 g/mol. The van der Waals surface area contributed by atoms with Crippen molar-refractivity contribution in [3.63, 3.8) is 0 Å². The molecule has 1 amide bonds. The van der Waals surface area contributed by atoms with Crippen LogP contribution in [-0.4, -0.2) is 39.3 Å². The van der Waals surface area contributed by atoms with Crippen molar-refractivity contribution >= 4 is 17.3 Å². The van der Waals surface area contributed by atoms with Crippen LogP contribution >= 0.6 is 0 Å². The van der Waals surface area contributed by atoms with Crippen molar-refractivity contribution in [3.8, 4) is 5.75 Å². The molecule has 0 fully saturated rings. The summed E-state index contributed by atoms with van der Waals surface area (Å²) in [5.41, 5.74) is 7.07. The number of hydrogen-bond donors (Lipinski definition) is 3. The highest BCUT2D eigenvalue weighted by Crippen LogP contribution is 2.22. The number of methoxy groups -OCH3 is 2. The molecule has 1 aromatic carbocycles. The summed E-state index contributed by atoms with van der Waals surface area (Å²) in [6.45, 7) is 2.75. The molecule has 106 valence electrons. The normalized spacial score (nSPS) is 11.7. The number of nitrogens with two attached hydrogens (primary N) is 1. The van der Waals surface area contributed by atoms with Gasteiger partial charge < -0.3 is 25.8 Å². The summed E-state index contributed by atoms with van der Waals surface area (Å²) in [5, 5.41) is 5.83. The maximum Gasteiger partial charge on any atom is 0.242 e. The lowest BCUT2D eigenvalue weighted by Gasteiger charge is -2.16. The molecule has 0 saturated carbocycles. The van der Waals surface area contributed by atoms with Gasteiger partial charge in [0.05, 0.1) is 13.7 Å². The van der Waals surface area contributed by atoms with Crippen molar-refractivity contribution < 1.29 is 14.3 Å². The number of nitrogens with one attached hydrogen (secondary N) is 2. The number of nitrogen functional groups attached to an aromatic ring is 1. The third kappa shape index (κ3) is 5.05. The van der Waals surface area contributed by atoms with Gasteiger partial charge in [-0.25, -0.2) is 0 Å². The van der Waals surface area contributed by atoms with E-state index in [9.17, 15) is 4.79 Å². The summed E-state index contributed by atoms with van der Waals surface area (Å²) in [4.78, 5) is 11.8. The Morgan fingerprint density at radius 2 is 2.11 bits per heavy atom. The first kappa shape index (κ1) is 15.1. The highest BCUT2D eigenvalue weighted by Gasteiger charge is 2.12. The molecule has 0 aliphatic rings. The van der Waals surface area contributed by atoms with Gasteiger partial charge in [0.25, 0.3) is 0 Å². The van der Waals surface area contributed by atoms with Crippen molar-refractivity contribution in [2.45, 2.75) is 13.0 Å². The van der Waals surface area contributed by atoms with E-state index < -0.39 is 0 Å². The minimum absolute atomic E-state index is 0.0987. The van der Waals surface area contributed by atoms with Crippen molar-refractivity contribution in [3.05, 3.63) is 18.2 Å². The zero-order chi connectivity index (χ0) is 14.3. The van der Waals surface area contributed by atoms with Crippen molar-refractivity contribution in [1.29, 1.82) is 0 Å². The molecule has 6 nitrogen and oxygen atoms in total. The lowest BCUT2D eigenvalue weighted by Crippen LogP contribution is -2.39. The highest BCUT2D eigenvalue weighted by atomic mass is 16.5. The average molecular weight is 267 g/mol. The average Bonchev–Trinajstić information content (AvgIpc) is 2.38. The predicted octanol–water partition coefficient (Wildman–Crippen LogP) is 0.840. The van der Waals surface area contributed by atoms with E-state index in [0.29, 0.717) is 24.6 Å². The zero-order valence-corrected chi connectivity index (χ0v) is 11.5. The number of ether oxygens (including phenoxy) is 2. The smallest absolute Gasteiger partial charge is 0.242 e. The topological polar surface area (TPSA) is 85.6 Å². The molecule has 0 aromatic heterocycles. The molecular weight excluding hydrogens is 246 g/mol. The molecule has 1 aromatic rings. The van der Waals surface area contributed by atoms with E-state index in [2.05, 4.69) is 10.6 Å². The number of carbonyl (C=O) groups is 1. The molecule has 0 bridgehead atoms. The van der Waals surface area contributed by atoms with Crippen LogP contribution in [0.15, 0.2) is 18.2 Å². The van der Waals surface area contributed by atoms with Gasteiger partial charge in [-0.2, -0.15) is 0 Å². The van der Waals surface area contributed by atoms with E-state index >= 15 is 0 Å². The largest absolute Gasteiger partial charge is 0.497 e. The fourth-order valence-corrected chi connectivity index (χ4v) is 1.57. The molecule has 0 saturated heterocycles. The summed E-state index contributed by atoms with van der Waals surface area (Å²) in [6, 6.07) is 4.88. The molecule has 1 rings (SSSR count). The Labute approximate surface area is 113 Å². The second-order valence-corrected chi connectivity index (χ2v) is 4.14. The zero-order valence-electron chi connectivity index (χ0n) is 11.5. The summed E-state index contributed by atoms with van der Waals surface area (Å²) in [5.74, 6) is 0.549. The fraction of sp³-hybridized carbons (Fsp3) is 0.462. The number of benzene rings is 1. The number of anilines is 2. The lowest BCUT2D eigenvalue weighted by molar-refractivity contribution is -0.121. The van der Waals surface area contributed by atoms with Crippen LogP contribution < -0.4 is 21.1 Å². The molecule has 0 radical (unpaired) electrons. The fourth-order valence-electron chi connectivity index (χ4n) is 1.57. The van der Waals surface area contributed by atoms with Crippen LogP contribution in [0.1, 0.15) is 6.92 Å². The molecule has 1 atom stereocenters. The van der Waals surface area contributed by atoms with Gasteiger partial charge in [0.2, 0.25) is 5.91 Å². The first-order valence-electron chi connectivity index (χ1n) is 6.04. The summed E-state index contributed by atoms with van der Waals surface area (Å²) >= 11 is 0. The maximum atomic E-state index is 11.8. The van der Waals surface area contributed by atoms with Gasteiger partial charge in [-0.1, -0.05) is 0 Å². The van der Waals surface area contributed by atoms with Gasteiger partial charge in [-0.3, -0.25) is 4.79 Å². The summed E-state index contributed by atoms with van der Waals surface area (Å²) in [7, 11) is 3.16. The Balaban J connectivity index is 2.58. The first-order chi connectivity index (χ1) is 9.06. The SMILES string of the molecule is COCCNC(=O)C(C)Nc1cc(N)cc(OC)c1. The number of amides is 1. The molecule has 4 N–H and O–H groups in total. The number of hydrogen-bond acceptors (Lipinski definition) is 5. The van der Waals surface area contributed by atoms with Crippen molar-refractivity contribution in [2.24, 2.45) is 0 Å². The van der Waals surface area contributed by atoms with Crippen LogP contribution in [0, 0.1) is 0 Å². The van der Waals surface area contributed by atoms with Crippen LogP contribution in [-0.2, 0) is 9.53 Å². The Morgan fingerprint density at radius 3 is 2.74 bits per heavy atom. The Kier molecular flexibility index (Phi) is 5.95. The predicted molar refractivity (Wildman–Crippen MR) is 75.4 cm³/mol. The third-order valence-corrected chi connectivity index (χ3v) is 2.55. The number of carbonyl (C=O) groups excluding carboxylic acids is 1. The van der Waals surface area contributed by atoms with Crippen LogP contribution in [0.2, 0.25) is 0 Å². The van der Waals surface area contributed by atoms with E-state index in [4.69, 9.17) is 15.2 Å². The van der Waals surface area contributed by atoms with Crippen LogP contribution in [0.25, 0.3) is 0 Å². The molecule has 6 heteroatoms. The third-order valence-electron chi connectivity index (χ3n) is 2.55. The van der Waals surface area contributed by atoms with Crippen molar-refractivity contribution in [1.82, 2.24) is 5.32 Å². The van der Waals surface area contributed by atoms with Crippen LogP contribution in [0.5, 0.6) is 5.75 Å². The van der Waals surface area contributed by atoms with E-state index in [1.807, 2.05) is 0 Å². The summed E-state index contributed by atoms with van der Waals surface area (Å²) < 4.78 is 9.99. The Bertz CT molecular complexity index is 424. The van der Waals surface area contributed by atoms with E-state index in [1.165, 1.54) is 0 Å². The second kappa shape index (κ2) is 7.48. The Morgan fingerprint density at radius 1 is 1.37 bits per heavy atom. The van der Waals surface area contributed by atoms with Gasteiger partial charge in [-0.05, 0) is 13.0 Å². The van der Waals surface area contributed by atoms with E-state index in [-0.39, 0.29) is 11.9 Å². The molecule has 0 heterocycles. The molecule has 19 heavy (non-hydrogen) atoms. The molecule has 0 aliphatic heterocycles. The van der Waals surface area contributed by atoms with Gasteiger partial charge in [0.1, 0.15) is 11.8 Å². The minimum Gasteiger partial charge on any atom is -0.497 e. The highest BCUT2D eigenvalue weighted by molar-refractivity contribution is 5.84. The van der Waals surface area contributed by atoms with Gasteiger partial charge >= 0.3 is 0 Å². The first-order valence-corrected chi connectivity index (χ1v) is 6.04. The van der Waals surface area contributed by atoms with Crippen LogP contribution in [0.3, 0.4) is 0 Å². The molecular formula is C13H21N3O3. The van der Waals surface area contributed by atoms with Crippen molar-refractivity contribution in [2.75, 3.05) is 38.4 Å². The summed E-state index contributed by atoms with van der Waals surface area (Å²) in [6.07, 6.45) is 0. The second-order valence-electron chi connectivity index (χ2n) is 4.14. The van der Waals surface area contributed by atoms with Gasteiger partial charge in [-0.15, -0.1) is 0 Å². The molecule has 0 spiro atoms. The van der Waals surface area contributed by atoms with E-state index in [0.717, 1.165) is 5.69 Å². The Hall–Kier alpha value is -1.95. The lowest BCUT2D eigenvalue weighted by atomic mass is 10.2. The molecule has 1 unspecified atom stereocenters. The van der Waals surface area contributed by atoms with Gasteiger partial charge in [0, 0.05) is 37.2 Å². The maximum absolute atomic E-state index is 11.8. The van der Waals surface area contributed by atoms with Crippen LogP contribution in [0.4, 0.5) is 11.4 Å².